The van der Waals surface area contributed by atoms with Crippen LogP contribution in [0, 0.1) is 13.8 Å². The maximum Gasteiger partial charge on any atom is 0.248 e. The van der Waals surface area contributed by atoms with Gasteiger partial charge in [-0.1, -0.05) is 13.8 Å². The van der Waals surface area contributed by atoms with Crippen LogP contribution in [-0.2, 0) is 24.3 Å². The van der Waals surface area contributed by atoms with Gasteiger partial charge in [0, 0.05) is 59.5 Å². The lowest BCUT2D eigenvalue weighted by molar-refractivity contribution is -0.136. The number of morpholine rings is 1. The highest BCUT2D eigenvalue weighted by Crippen LogP contribution is 2.28. The monoisotopic (exact) mass is 570 g/mol. The highest BCUT2D eigenvalue weighted by molar-refractivity contribution is 7.89. The van der Waals surface area contributed by atoms with E-state index in [-0.39, 0.29) is 12.5 Å². The second-order valence-electron chi connectivity index (χ2n) is 10.1. The molecule has 0 bridgehead atoms. The zero-order valence-electron chi connectivity index (χ0n) is 24.9. The van der Waals surface area contributed by atoms with Crippen molar-refractivity contribution in [2.75, 3.05) is 99.5 Å². The molecule has 0 atom stereocenters. The molecule has 2 heterocycles. The SMILES string of the molecule is CCCN(CCC)CCN1CCN(C(=O)COC)CC1.COc1cc(C)c(S(=O)(=O)N2CCOCC2)c(C)c1. The summed E-state index contributed by atoms with van der Waals surface area (Å²) < 4.78 is 42.1. The minimum absolute atomic E-state index is 0.116. The summed E-state index contributed by atoms with van der Waals surface area (Å²) in [6.07, 6.45) is 2.44. The van der Waals surface area contributed by atoms with Crippen LogP contribution in [0.5, 0.6) is 5.75 Å². The van der Waals surface area contributed by atoms with E-state index in [0.717, 1.165) is 39.3 Å². The topological polar surface area (TPSA) is 91.9 Å². The molecule has 11 heteroatoms. The number of rotatable bonds is 12. The predicted molar refractivity (Wildman–Crippen MR) is 154 cm³/mol. The summed E-state index contributed by atoms with van der Waals surface area (Å²) >= 11 is 0. The lowest BCUT2D eigenvalue weighted by Crippen LogP contribution is -2.51. The highest BCUT2D eigenvalue weighted by atomic mass is 32.2. The Morgan fingerprint density at radius 2 is 1.49 bits per heavy atom. The molecule has 224 valence electrons. The van der Waals surface area contributed by atoms with Crippen molar-refractivity contribution in [2.24, 2.45) is 0 Å². The van der Waals surface area contributed by atoms with Crippen molar-refractivity contribution in [3.63, 3.8) is 0 Å². The molecule has 1 aromatic carbocycles. The van der Waals surface area contributed by atoms with E-state index in [1.54, 1.807) is 40.2 Å². The number of ether oxygens (including phenoxy) is 3. The van der Waals surface area contributed by atoms with Gasteiger partial charge < -0.3 is 24.0 Å². The summed E-state index contributed by atoms with van der Waals surface area (Å²) in [5.74, 6) is 0.793. The van der Waals surface area contributed by atoms with Crippen LogP contribution >= 0.6 is 0 Å². The molecule has 0 unspecified atom stereocenters. The molecule has 0 saturated carbocycles. The number of piperazine rings is 1. The van der Waals surface area contributed by atoms with Gasteiger partial charge in [-0.05, 0) is 63.0 Å². The average Bonchev–Trinajstić information content (AvgIpc) is 2.92. The van der Waals surface area contributed by atoms with Gasteiger partial charge in [-0.2, -0.15) is 4.31 Å². The number of sulfonamides is 1. The third-order valence-corrected chi connectivity index (χ3v) is 9.25. The van der Waals surface area contributed by atoms with Crippen molar-refractivity contribution >= 4 is 15.9 Å². The fraction of sp³-hybridized carbons (Fsp3) is 0.750. The van der Waals surface area contributed by atoms with E-state index in [1.807, 2.05) is 4.90 Å². The molecule has 0 spiro atoms. The summed E-state index contributed by atoms with van der Waals surface area (Å²) in [4.78, 5) is 19.0. The lowest BCUT2D eigenvalue weighted by atomic mass is 10.1. The average molecular weight is 571 g/mol. The fourth-order valence-electron chi connectivity index (χ4n) is 5.04. The van der Waals surface area contributed by atoms with Gasteiger partial charge in [-0.15, -0.1) is 0 Å². The first kappa shape index (κ1) is 33.4. The first-order chi connectivity index (χ1) is 18.7. The van der Waals surface area contributed by atoms with Gasteiger partial charge in [0.15, 0.2) is 0 Å². The van der Waals surface area contributed by atoms with Crippen LogP contribution in [0.3, 0.4) is 0 Å². The maximum atomic E-state index is 12.7. The molecule has 39 heavy (non-hydrogen) atoms. The first-order valence-corrected chi connectivity index (χ1v) is 15.6. The number of hydrogen-bond acceptors (Lipinski definition) is 8. The number of hydrogen-bond donors (Lipinski definition) is 0. The molecule has 0 aliphatic carbocycles. The number of carbonyl (C=O) groups is 1. The van der Waals surface area contributed by atoms with Crippen molar-refractivity contribution < 1.29 is 27.4 Å². The number of methoxy groups -OCH3 is 2. The molecule has 1 amide bonds. The Labute approximate surface area is 236 Å². The smallest absolute Gasteiger partial charge is 0.248 e. The van der Waals surface area contributed by atoms with Crippen molar-refractivity contribution in [3.05, 3.63) is 23.3 Å². The fourth-order valence-corrected chi connectivity index (χ4v) is 6.86. The van der Waals surface area contributed by atoms with Crippen LogP contribution in [0.15, 0.2) is 17.0 Å². The zero-order valence-corrected chi connectivity index (χ0v) is 25.7. The van der Waals surface area contributed by atoms with Crippen LogP contribution in [0.25, 0.3) is 0 Å². The van der Waals surface area contributed by atoms with Gasteiger partial charge >= 0.3 is 0 Å². The molecule has 2 aliphatic rings. The Hall–Kier alpha value is -1.76. The molecule has 0 radical (unpaired) electrons. The molecule has 2 fully saturated rings. The number of nitrogens with zero attached hydrogens (tertiary/aromatic N) is 4. The van der Waals surface area contributed by atoms with E-state index < -0.39 is 10.0 Å². The quantitative estimate of drug-likeness (QED) is 0.378. The number of amides is 1. The summed E-state index contributed by atoms with van der Waals surface area (Å²) in [7, 11) is -0.303. The van der Waals surface area contributed by atoms with E-state index in [4.69, 9.17) is 14.2 Å². The van der Waals surface area contributed by atoms with Crippen molar-refractivity contribution in [1.82, 2.24) is 19.0 Å². The van der Waals surface area contributed by atoms with Gasteiger partial charge in [0.2, 0.25) is 15.9 Å². The predicted octanol–water partition coefficient (Wildman–Crippen LogP) is 2.23. The molecule has 0 N–H and O–H groups in total. The summed E-state index contributed by atoms with van der Waals surface area (Å²) in [5, 5.41) is 0. The molecule has 3 rings (SSSR count). The third kappa shape index (κ3) is 10.3. The van der Waals surface area contributed by atoms with Crippen LogP contribution < -0.4 is 4.74 Å². The summed E-state index contributed by atoms with van der Waals surface area (Å²) in [6.45, 7) is 18.3. The molecule has 10 nitrogen and oxygen atoms in total. The van der Waals surface area contributed by atoms with Gasteiger partial charge in [0.25, 0.3) is 0 Å². The van der Waals surface area contributed by atoms with E-state index in [9.17, 15) is 13.2 Å². The standard InChI is InChI=1S/C15H31N3O2.C13H19NO4S/c1-4-6-16(7-5-2)8-9-17-10-12-18(13-11-17)15(19)14-20-3;1-10-8-12(17-3)9-11(2)13(10)19(15,16)14-4-6-18-7-5-14/h4-14H2,1-3H3;8-9H,4-7H2,1-3H3. The number of benzene rings is 1. The van der Waals surface area contributed by atoms with E-state index in [0.29, 0.717) is 48.1 Å². The maximum absolute atomic E-state index is 12.7. The number of aryl methyl sites for hydroxylation is 2. The van der Waals surface area contributed by atoms with Gasteiger partial charge in [0.05, 0.1) is 25.2 Å². The Kier molecular flexibility index (Phi) is 14.7. The summed E-state index contributed by atoms with van der Waals surface area (Å²) in [6, 6.07) is 3.50. The van der Waals surface area contributed by atoms with Gasteiger partial charge in [0.1, 0.15) is 12.4 Å². The molecule has 0 aromatic heterocycles. The van der Waals surface area contributed by atoms with Crippen LogP contribution in [0.2, 0.25) is 0 Å². The van der Waals surface area contributed by atoms with Gasteiger partial charge in [-0.3, -0.25) is 9.69 Å². The molecule has 1 aromatic rings. The molecular weight excluding hydrogens is 520 g/mol. The molecule has 2 aliphatic heterocycles. The third-order valence-electron chi connectivity index (χ3n) is 7.04. The first-order valence-electron chi connectivity index (χ1n) is 14.1. The molecular formula is C28H50N4O6S. The largest absolute Gasteiger partial charge is 0.497 e. The second-order valence-corrected chi connectivity index (χ2v) is 12.0. The van der Waals surface area contributed by atoms with E-state index >= 15 is 0 Å². The van der Waals surface area contributed by atoms with E-state index in [1.165, 1.54) is 30.2 Å². The minimum atomic E-state index is -3.45. The zero-order chi connectivity index (χ0) is 28.8. The Balaban J connectivity index is 0.000000274. The van der Waals surface area contributed by atoms with Crippen LogP contribution in [0.4, 0.5) is 0 Å². The van der Waals surface area contributed by atoms with Gasteiger partial charge in [-0.25, -0.2) is 8.42 Å². The van der Waals surface area contributed by atoms with Crippen molar-refractivity contribution in [2.45, 2.75) is 45.4 Å². The van der Waals surface area contributed by atoms with E-state index in [2.05, 4.69) is 23.6 Å². The van der Waals surface area contributed by atoms with Crippen LogP contribution in [-0.4, -0.2) is 133 Å². The summed E-state index contributed by atoms with van der Waals surface area (Å²) in [5.41, 5.74) is 1.42. The highest BCUT2D eigenvalue weighted by Gasteiger charge is 2.29. The minimum Gasteiger partial charge on any atom is -0.497 e. The normalized spacial score (nSPS) is 17.2. The lowest BCUT2D eigenvalue weighted by Gasteiger charge is -2.35. The Morgan fingerprint density at radius 3 is 1.97 bits per heavy atom. The second kappa shape index (κ2) is 17.1. The molecule has 2 saturated heterocycles. The Bertz CT molecular complexity index is 947. The van der Waals surface area contributed by atoms with Crippen LogP contribution in [0.1, 0.15) is 37.8 Å². The number of carbonyl (C=O) groups excluding carboxylic acids is 1. The van der Waals surface area contributed by atoms with Crippen molar-refractivity contribution in [3.8, 4) is 5.75 Å². The van der Waals surface area contributed by atoms with Crippen molar-refractivity contribution in [1.29, 1.82) is 0 Å². The Morgan fingerprint density at radius 1 is 0.923 bits per heavy atom.